The molecule has 1 saturated heterocycles. The molecule has 34 heavy (non-hydrogen) atoms. The standard InChI is InChI=1S/C25H26N4O3S2/c1-16(2)15-26-22-19(23(30)28-12-5-4-6-21(28)27-22)14-20-24(31)29(25(33)34-20)13-11-17-7-9-18(32-3)10-8-17/h4-10,12,14,16,26H,11,13,15H2,1-3H3. The first-order valence-electron chi connectivity index (χ1n) is 11.0. The van der Waals surface area contributed by atoms with Crippen molar-refractivity contribution in [2.45, 2.75) is 20.3 Å². The van der Waals surface area contributed by atoms with Gasteiger partial charge in [-0.3, -0.25) is 18.9 Å². The van der Waals surface area contributed by atoms with Gasteiger partial charge in [-0.15, -0.1) is 0 Å². The number of anilines is 1. The van der Waals surface area contributed by atoms with Crippen LogP contribution < -0.4 is 15.6 Å². The smallest absolute Gasteiger partial charge is 0.267 e. The number of nitrogens with one attached hydrogen (secondary N) is 1. The molecule has 9 heteroatoms. The van der Waals surface area contributed by atoms with Crippen LogP contribution in [0.5, 0.6) is 5.75 Å². The third-order valence-electron chi connectivity index (χ3n) is 5.38. The minimum atomic E-state index is -0.236. The maximum absolute atomic E-state index is 13.3. The van der Waals surface area contributed by atoms with Crippen LogP contribution in [0.25, 0.3) is 11.7 Å². The van der Waals surface area contributed by atoms with Crippen LogP contribution in [0.3, 0.4) is 0 Å². The molecule has 1 aliphatic heterocycles. The van der Waals surface area contributed by atoms with E-state index >= 15 is 0 Å². The number of benzene rings is 1. The highest BCUT2D eigenvalue weighted by Crippen LogP contribution is 2.33. The first kappa shape index (κ1) is 24.0. The number of carbonyl (C=O) groups excluding carboxylic acids is 1. The summed E-state index contributed by atoms with van der Waals surface area (Å²) in [7, 11) is 1.63. The SMILES string of the molecule is COc1ccc(CCN2C(=O)C(=Cc3c(NCC(C)C)nc4ccccn4c3=O)SC2=S)cc1. The van der Waals surface area contributed by atoms with E-state index in [1.54, 1.807) is 36.4 Å². The van der Waals surface area contributed by atoms with Gasteiger partial charge < -0.3 is 10.1 Å². The molecule has 0 unspecified atom stereocenters. The highest BCUT2D eigenvalue weighted by Gasteiger charge is 2.32. The van der Waals surface area contributed by atoms with Crippen molar-refractivity contribution in [2.24, 2.45) is 5.92 Å². The van der Waals surface area contributed by atoms with Crippen molar-refractivity contribution in [3.63, 3.8) is 0 Å². The van der Waals surface area contributed by atoms with Gasteiger partial charge in [0.25, 0.3) is 11.5 Å². The minimum Gasteiger partial charge on any atom is -0.497 e. The molecule has 3 heterocycles. The molecule has 2 aromatic heterocycles. The second-order valence-electron chi connectivity index (χ2n) is 8.31. The monoisotopic (exact) mass is 494 g/mol. The first-order chi connectivity index (χ1) is 16.4. The second kappa shape index (κ2) is 10.4. The summed E-state index contributed by atoms with van der Waals surface area (Å²) in [6.45, 7) is 5.27. The van der Waals surface area contributed by atoms with Crippen LogP contribution >= 0.6 is 24.0 Å². The fourth-order valence-corrected chi connectivity index (χ4v) is 4.82. The van der Waals surface area contributed by atoms with Crippen molar-refractivity contribution in [3.8, 4) is 5.75 Å². The lowest BCUT2D eigenvalue weighted by molar-refractivity contribution is -0.122. The van der Waals surface area contributed by atoms with E-state index in [1.807, 2.05) is 30.3 Å². The Bertz CT molecular complexity index is 1320. The minimum absolute atomic E-state index is 0.198. The van der Waals surface area contributed by atoms with Crippen molar-refractivity contribution in [1.29, 1.82) is 0 Å². The number of nitrogens with zero attached hydrogens (tertiary/aromatic N) is 3. The number of ether oxygens (including phenoxy) is 1. The average Bonchev–Trinajstić information content (AvgIpc) is 3.10. The number of rotatable bonds is 8. The molecular weight excluding hydrogens is 468 g/mol. The molecule has 176 valence electrons. The number of hydrogen-bond donors (Lipinski definition) is 1. The topological polar surface area (TPSA) is 75.9 Å². The summed E-state index contributed by atoms with van der Waals surface area (Å²) >= 11 is 6.70. The predicted octanol–water partition coefficient (Wildman–Crippen LogP) is 4.21. The van der Waals surface area contributed by atoms with Crippen LogP contribution in [-0.2, 0) is 11.2 Å². The lowest BCUT2D eigenvalue weighted by Crippen LogP contribution is -2.30. The molecule has 7 nitrogen and oxygen atoms in total. The first-order valence-corrected chi connectivity index (χ1v) is 12.2. The van der Waals surface area contributed by atoms with E-state index < -0.39 is 0 Å². The molecule has 4 rings (SSSR count). The summed E-state index contributed by atoms with van der Waals surface area (Å²) in [5, 5.41) is 3.27. The quantitative estimate of drug-likeness (QED) is 0.371. The van der Waals surface area contributed by atoms with Crippen molar-refractivity contribution in [1.82, 2.24) is 14.3 Å². The van der Waals surface area contributed by atoms with Gasteiger partial charge in [0.1, 0.15) is 21.5 Å². The molecule has 1 aliphatic rings. The number of fused-ring (bicyclic) bond motifs is 1. The Morgan fingerprint density at radius 1 is 1.18 bits per heavy atom. The van der Waals surface area contributed by atoms with E-state index in [0.29, 0.717) is 51.7 Å². The summed E-state index contributed by atoms with van der Waals surface area (Å²) in [5.41, 5.74) is 1.74. The number of thioether (sulfide) groups is 1. The summed E-state index contributed by atoms with van der Waals surface area (Å²) in [5.74, 6) is 1.42. The van der Waals surface area contributed by atoms with Crippen LogP contribution in [0.4, 0.5) is 5.82 Å². The molecule has 1 amide bonds. The molecule has 1 aromatic carbocycles. The summed E-state index contributed by atoms with van der Waals surface area (Å²) in [6.07, 6.45) is 3.95. The Kier molecular flexibility index (Phi) is 7.33. The van der Waals surface area contributed by atoms with E-state index in [1.165, 1.54) is 16.2 Å². The molecule has 0 aliphatic carbocycles. The normalized spacial score (nSPS) is 15.1. The van der Waals surface area contributed by atoms with Crippen molar-refractivity contribution >= 4 is 51.7 Å². The molecule has 3 aromatic rings. The number of pyridine rings is 1. The highest BCUT2D eigenvalue weighted by atomic mass is 32.2. The van der Waals surface area contributed by atoms with Crippen LogP contribution in [0.15, 0.2) is 58.4 Å². The summed E-state index contributed by atoms with van der Waals surface area (Å²) in [6, 6.07) is 13.1. The Morgan fingerprint density at radius 2 is 1.94 bits per heavy atom. The number of thiocarbonyl (C=S) groups is 1. The van der Waals surface area contributed by atoms with Gasteiger partial charge in [-0.2, -0.15) is 0 Å². The van der Waals surface area contributed by atoms with Crippen LogP contribution in [-0.4, -0.2) is 44.7 Å². The van der Waals surface area contributed by atoms with Crippen LogP contribution in [0, 0.1) is 5.92 Å². The molecule has 0 atom stereocenters. The van der Waals surface area contributed by atoms with Gasteiger partial charge in [0.05, 0.1) is 17.6 Å². The van der Waals surface area contributed by atoms with Crippen molar-refractivity contribution < 1.29 is 9.53 Å². The zero-order valence-electron chi connectivity index (χ0n) is 19.3. The molecule has 0 spiro atoms. The molecular formula is C25H26N4O3S2. The largest absolute Gasteiger partial charge is 0.497 e. The number of aromatic nitrogens is 2. The lowest BCUT2D eigenvalue weighted by atomic mass is 10.1. The average molecular weight is 495 g/mol. The number of methoxy groups -OCH3 is 1. The number of amides is 1. The van der Waals surface area contributed by atoms with E-state index in [4.69, 9.17) is 17.0 Å². The van der Waals surface area contributed by atoms with E-state index in [0.717, 1.165) is 11.3 Å². The number of hydrogen-bond acceptors (Lipinski definition) is 7. The van der Waals surface area contributed by atoms with Gasteiger partial charge in [0, 0.05) is 19.3 Å². The Morgan fingerprint density at radius 3 is 2.65 bits per heavy atom. The lowest BCUT2D eigenvalue weighted by Gasteiger charge is -2.14. The number of carbonyl (C=O) groups is 1. The van der Waals surface area contributed by atoms with Gasteiger partial charge in [-0.1, -0.05) is 56.0 Å². The zero-order valence-corrected chi connectivity index (χ0v) is 20.9. The van der Waals surface area contributed by atoms with Gasteiger partial charge in [-0.25, -0.2) is 4.98 Å². The van der Waals surface area contributed by atoms with Gasteiger partial charge in [-0.05, 0) is 48.2 Å². The van der Waals surface area contributed by atoms with E-state index in [-0.39, 0.29) is 11.5 Å². The van der Waals surface area contributed by atoms with Crippen LogP contribution in [0.1, 0.15) is 25.0 Å². The summed E-state index contributed by atoms with van der Waals surface area (Å²) in [4.78, 5) is 33.1. The van der Waals surface area contributed by atoms with Crippen LogP contribution in [0.2, 0.25) is 0 Å². The van der Waals surface area contributed by atoms with Gasteiger partial charge in [0.15, 0.2) is 0 Å². The van der Waals surface area contributed by atoms with Gasteiger partial charge >= 0.3 is 0 Å². The fraction of sp³-hybridized carbons (Fsp3) is 0.280. The third-order valence-corrected chi connectivity index (χ3v) is 6.76. The Labute approximate surface area is 207 Å². The van der Waals surface area contributed by atoms with Crippen molar-refractivity contribution in [2.75, 3.05) is 25.5 Å². The molecule has 0 radical (unpaired) electrons. The molecule has 1 N–H and O–H groups in total. The maximum Gasteiger partial charge on any atom is 0.267 e. The van der Waals surface area contributed by atoms with Crippen molar-refractivity contribution in [3.05, 3.63) is 75.0 Å². The predicted molar refractivity (Wildman–Crippen MR) is 141 cm³/mol. The Balaban J connectivity index is 1.61. The van der Waals surface area contributed by atoms with E-state index in [9.17, 15) is 9.59 Å². The summed E-state index contributed by atoms with van der Waals surface area (Å²) < 4.78 is 7.16. The highest BCUT2D eigenvalue weighted by molar-refractivity contribution is 8.26. The molecule has 0 saturated carbocycles. The zero-order chi connectivity index (χ0) is 24.2. The van der Waals surface area contributed by atoms with Gasteiger partial charge in [0.2, 0.25) is 0 Å². The third kappa shape index (κ3) is 5.15. The second-order valence-corrected chi connectivity index (χ2v) is 9.99. The molecule has 0 bridgehead atoms. The Hall–Kier alpha value is -3.17. The molecule has 1 fully saturated rings. The fourth-order valence-electron chi connectivity index (χ4n) is 3.53. The van der Waals surface area contributed by atoms with E-state index in [2.05, 4.69) is 24.1 Å². The maximum atomic E-state index is 13.3.